The predicted octanol–water partition coefficient (Wildman–Crippen LogP) is 2.62. The third-order valence-electron chi connectivity index (χ3n) is 3.32. The number of benzene rings is 1. The second kappa shape index (κ2) is 6.74. The van der Waals surface area contributed by atoms with Crippen molar-refractivity contribution in [1.82, 2.24) is 5.43 Å². The molecule has 0 radical (unpaired) electrons. The molecule has 0 aliphatic rings. The lowest BCUT2D eigenvalue weighted by molar-refractivity contribution is 0.0606. The van der Waals surface area contributed by atoms with E-state index in [9.17, 15) is 0 Å². The van der Waals surface area contributed by atoms with Crippen molar-refractivity contribution in [2.24, 2.45) is 5.84 Å². The topological polar surface area (TPSA) is 47.3 Å². The van der Waals surface area contributed by atoms with Crippen LogP contribution in [-0.2, 0) is 4.74 Å². The predicted molar refractivity (Wildman–Crippen MR) is 71.7 cm³/mol. The van der Waals surface area contributed by atoms with Gasteiger partial charge in [-0.25, -0.2) is 0 Å². The molecule has 3 heteroatoms. The summed E-state index contributed by atoms with van der Waals surface area (Å²) in [5, 5.41) is 0. The molecule has 3 nitrogen and oxygen atoms in total. The molecule has 0 aromatic heterocycles. The van der Waals surface area contributed by atoms with Crippen LogP contribution in [0.4, 0.5) is 0 Å². The fourth-order valence-electron chi connectivity index (χ4n) is 2.08. The molecule has 17 heavy (non-hydrogen) atoms. The third-order valence-corrected chi connectivity index (χ3v) is 3.32. The van der Waals surface area contributed by atoms with E-state index in [-0.39, 0.29) is 12.1 Å². The maximum atomic E-state index is 5.67. The van der Waals surface area contributed by atoms with Crippen molar-refractivity contribution in [1.29, 1.82) is 0 Å². The molecule has 96 valence electrons. The van der Waals surface area contributed by atoms with Crippen LogP contribution in [0.5, 0.6) is 0 Å². The number of methoxy groups -OCH3 is 1. The highest BCUT2D eigenvalue weighted by atomic mass is 16.5. The summed E-state index contributed by atoms with van der Waals surface area (Å²) in [6.45, 7) is 6.39. The molecule has 0 spiro atoms. The lowest BCUT2D eigenvalue weighted by Gasteiger charge is -2.26. The molecule has 3 N–H and O–H groups in total. The van der Waals surface area contributed by atoms with Gasteiger partial charge in [0.1, 0.15) is 0 Å². The summed E-state index contributed by atoms with van der Waals surface area (Å²) < 4.78 is 5.53. The van der Waals surface area contributed by atoms with Gasteiger partial charge in [0.2, 0.25) is 0 Å². The fraction of sp³-hybridized carbons (Fsp3) is 0.571. The van der Waals surface area contributed by atoms with Gasteiger partial charge in [0.15, 0.2) is 0 Å². The Labute approximate surface area is 104 Å². The van der Waals surface area contributed by atoms with E-state index >= 15 is 0 Å². The Balaban J connectivity index is 2.95. The maximum absolute atomic E-state index is 5.67. The Hall–Kier alpha value is -0.900. The number of ether oxygens (including phenoxy) is 1. The van der Waals surface area contributed by atoms with Gasteiger partial charge in [-0.3, -0.25) is 11.3 Å². The molecule has 0 aliphatic carbocycles. The minimum absolute atomic E-state index is 0.0549. The Morgan fingerprint density at radius 3 is 2.47 bits per heavy atom. The Morgan fingerprint density at radius 1 is 1.29 bits per heavy atom. The zero-order valence-corrected chi connectivity index (χ0v) is 11.3. The van der Waals surface area contributed by atoms with Crippen LogP contribution in [0.15, 0.2) is 18.2 Å². The molecular weight excluding hydrogens is 212 g/mol. The SMILES string of the molecule is CCCC(OC)C(NN)c1ccc(C)c(C)c1. The van der Waals surface area contributed by atoms with Gasteiger partial charge in [-0.2, -0.15) is 0 Å². The molecule has 0 fully saturated rings. The first-order valence-corrected chi connectivity index (χ1v) is 6.20. The summed E-state index contributed by atoms with van der Waals surface area (Å²) in [7, 11) is 1.74. The van der Waals surface area contributed by atoms with E-state index in [1.54, 1.807) is 7.11 Å². The molecule has 2 unspecified atom stereocenters. The second-order valence-electron chi connectivity index (χ2n) is 4.55. The van der Waals surface area contributed by atoms with Crippen molar-refractivity contribution >= 4 is 0 Å². The summed E-state index contributed by atoms with van der Waals surface area (Å²) in [6, 6.07) is 6.49. The maximum Gasteiger partial charge on any atom is 0.0778 e. The lowest BCUT2D eigenvalue weighted by Crippen LogP contribution is -2.37. The van der Waals surface area contributed by atoms with E-state index in [1.807, 2.05) is 0 Å². The normalized spacial score (nSPS) is 14.6. The van der Waals surface area contributed by atoms with Crippen LogP contribution in [0, 0.1) is 13.8 Å². The monoisotopic (exact) mass is 236 g/mol. The first-order chi connectivity index (χ1) is 8.13. The van der Waals surface area contributed by atoms with Gasteiger partial charge in [0.05, 0.1) is 12.1 Å². The molecule has 0 heterocycles. The van der Waals surface area contributed by atoms with Crippen LogP contribution in [0.25, 0.3) is 0 Å². The van der Waals surface area contributed by atoms with E-state index in [1.165, 1.54) is 16.7 Å². The molecule has 0 saturated carbocycles. The Kier molecular flexibility index (Phi) is 5.62. The second-order valence-corrected chi connectivity index (χ2v) is 4.55. The Morgan fingerprint density at radius 2 is 2.00 bits per heavy atom. The number of nitrogens with two attached hydrogens (primary N) is 1. The molecule has 1 aromatic carbocycles. The van der Waals surface area contributed by atoms with Gasteiger partial charge in [0, 0.05) is 7.11 Å². The van der Waals surface area contributed by atoms with E-state index in [0.29, 0.717) is 0 Å². The number of hydrogen-bond acceptors (Lipinski definition) is 3. The van der Waals surface area contributed by atoms with Gasteiger partial charge >= 0.3 is 0 Å². The molecular formula is C14H24N2O. The summed E-state index contributed by atoms with van der Waals surface area (Å²) in [5.74, 6) is 5.67. The van der Waals surface area contributed by atoms with Crippen LogP contribution in [0.2, 0.25) is 0 Å². The summed E-state index contributed by atoms with van der Waals surface area (Å²) >= 11 is 0. The van der Waals surface area contributed by atoms with Crippen molar-refractivity contribution in [2.45, 2.75) is 45.8 Å². The first-order valence-electron chi connectivity index (χ1n) is 6.20. The van der Waals surface area contributed by atoms with Crippen LogP contribution in [0.1, 0.15) is 42.5 Å². The van der Waals surface area contributed by atoms with Crippen LogP contribution < -0.4 is 11.3 Å². The van der Waals surface area contributed by atoms with Crippen molar-refractivity contribution in [2.75, 3.05) is 7.11 Å². The average molecular weight is 236 g/mol. The van der Waals surface area contributed by atoms with E-state index in [4.69, 9.17) is 10.6 Å². The molecule has 0 saturated heterocycles. The van der Waals surface area contributed by atoms with Crippen LogP contribution in [-0.4, -0.2) is 13.2 Å². The number of hydrogen-bond donors (Lipinski definition) is 2. The largest absolute Gasteiger partial charge is 0.379 e. The average Bonchev–Trinajstić information content (AvgIpc) is 2.33. The summed E-state index contributed by atoms with van der Waals surface area (Å²) in [6.07, 6.45) is 2.20. The standard InChI is InChI=1S/C14H24N2O/c1-5-6-13(17-4)14(16-15)12-8-7-10(2)11(3)9-12/h7-9,13-14,16H,5-6,15H2,1-4H3. The minimum Gasteiger partial charge on any atom is -0.379 e. The smallest absolute Gasteiger partial charge is 0.0778 e. The highest BCUT2D eigenvalue weighted by molar-refractivity contribution is 5.32. The number of nitrogens with one attached hydrogen (secondary N) is 1. The van der Waals surface area contributed by atoms with Gasteiger partial charge in [0.25, 0.3) is 0 Å². The van der Waals surface area contributed by atoms with E-state index < -0.39 is 0 Å². The number of hydrazine groups is 1. The van der Waals surface area contributed by atoms with Crippen molar-refractivity contribution < 1.29 is 4.74 Å². The zero-order valence-electron chi connectivity index (χ0n) is 11.3. The van der Waals surface area contributed by atoms with E-state index in [2.05, 4.69) is 44.4 Å². The van der Waals surface area contributed by atoms with Crippen molar-refractivity contribution in [3.05, 3.63) is 34.9 Å². The fourth-order valence-corrected chi connectivity index (χ4v) is 2.08. The van der Waals surface area contributed by atoms with Crippen molar-refractivity contribution in [3.63, 3.8) is 0 Å². The lowest BCUT2D eigenvalue weighted by atomic mass is 9.95. The van der Waals surface area contributed by atoms with Crippen LogP contribution >= 0.6 is 0 Å². The molecule has 2 atom stereocenters. The third kappa shape index (κ3) is 3.53. The van der Waals surface area contributed by atoms with E-state index in [0.717, 1.165) is 12.8 Å². The molecule has 0 aliphatic heterocycles. The summed E-state index contributed by atoms with van der Waals surface area (Å²) in [5.41, 5.74) is 6.65. The molecule has 1 aromatic rings. The zero-order chi connectivity index (χ0) is 12.8. The van der Waals surface area contributed by atoms with Gasteiger partial charge in [-0.1, -0.05) is 31.5 Å². The van der Waals surface area contributed by atoms with Gasteiger partial charge in [-0.05, 0) is 37.0 Å². The van der Waals surface area contributed by atoms with Crippen molar-refractivity contribution in [3.8, 4) is 0 Å². The number of rotatable bonds is 6. The quantitative estimate of drug-likeness (QED) is 0.589. The van der Waals surface area contributed by atoms with Crippen LogP contribution in [0.3, 0.4) is 0 Å². The van der Waals surface area contributed by atoms with Gasteiger partial charge < -0.3 is 4.74 Å². The molecule has 0 amide bonds. The van der Waals surface area contributed by atoms with Gasteiger partial charge in [-0.15, -0.1) is 0 Å². The Bertz CT molecular complexity index is 352. The molecule has 1 rings (SSSR count). The highest BCUT2D eigenvalue weighted by Gasteiger charge is 2.21. The highest BCUT2D eigenvalue weighted by Crippen LogP contribution is 2.23. The molecule has 0 bridgehead atoms. The minimum atomic E-state index is 0.0549. The summed E-state index contributed by atoms with van der Waals surface area (Å²) in [4.78, 5) is 0. The first kappa shape index (κ1) is 14.2. The number of aryl methyl sites for hydroxylation is 2.